The summed E-state index contributed by atoms with van der Waals surface area (Å²) in [7, 11) is 0. The fourth-order valence-corrected chi connectivity index (χ4v) is 3.68. The highest BCUT2D eigenvalue weighted by Crippen LogP contribution is 2.26. The molecule has 8 nitrogen and oxygen atoms in total. The third-order valence-corrected chi connectivity index (χ3v) is 5.40. The summed E-state index contributed by atoms with van der Waals surface area (Å²) < 4.78 is 1.81. The minimum atomic E-state index is -0.272. The molecule has 174 valence electrons. The molecule has 0 unspecified atom stereocenters. The van der Waals surface area contributed by atoms with Crippen molar-refractivity contribution >= 4 is 22.8 Å². The highest BCUT2D eigenvalue weighted by molar-refractivity contribution is 6.06. The quantitative estimate of drug-likeness (QED) is 0.347. The third kappa shape index (κ3) is 5.06. The van der Waals surface area contributed by atoms with Gasteiger partial charge in [0, 0.05) is 30.3 Å². The van der Waals surface area contributed by atoms with Crippen molar-refractivity contribution < 1.29 is 14.7 Å². The zero-order valence-electron chi connectivity index (χ0n) is 19.2. The Morgan fingerprint density at radius 1 is 0.971 bits per heavy atom. The summed E-state index contributed by atoms with van der Waals surface area (Å²) in [5.74, 6) is -0.446. The van der Waals surface area contributed by atoms with E-state index in [1.165, 1.54) is 12.1 Å². The lowest BCUT2D eigenvalue weighted by Gasteiger charge is -2.11. The molecule has 2 heterocycles. The van der Waals surface area contributed by atoms with Crippen molar-refractivity contribution in [3.8, 4) is 17.0 Å². The largest absolute Gasteiger partial charge is 0.508 e. The second kappa shape index (κ2) is 10.2. The number of carbonyl (C=O) groups excluding carboxylic acids is 2. The number of aromatic hydroxyl groups is 1. The van der Waals surface area contributed by atoms with Crippen LogP contribution >= 0.6 is 0 Å². The van der Waals surface area contributed by atoms with Gasteiger partial charge >= 0.3 is 0 Å². The van der Waals surface area contributed by atoms with Gasteiger partial charge in [-0.2, -0.15) is 5.10 Å². The molecule has 0 aliphatic heterocycles. The summed E-state index contributed by atoms with van der Waals surface area (Å²) in [5.41, 5.74) is 3.20. The Morgan fingerprint density at radius 2 is 1.71 bits per heavy atom. The molecule has 2 aromatic carbocycles. The number of benzene rings is 2. The first-order valence-corrected chi connectivity index (χ1v) is 11.2. The number of amides is 2. The number of pyridine rings is 1. The summed E-state index contributed by atoms with van der Waals surface area (Å²) in [5, 5.41) is 20.4. The van der Waals surface area contributed by atoms with E-state index in [0.717, 1.165) is 5.56 Å². The first kappa shape index (κ1) is 23.0. The van der Waals surface area contributed by atoms with Gasteiger partial charge in [0.1, 0.15) is 5.75 Å². The van der Waals surface area contributed by atoms with Crippen LogP contribution in [0.4, 0.5) is 0 Å². The zero-order valence-corrected chi connectivity index (χ0v) is 19.2. The van der Waals surface area contributed by atoms with E-state index < -0.39 is 0 Å². The number of nitrogens with one attached hydrogen (secondary N) is 2. The summed E-state index contributed by atoms with van der Waals surface area (Å²) >= 11 is 0. The van der Waals surface area contributed by atoms with E-state index in [9.17, 15) is 14.7 Å². The van der Waals surface area contributed by atoms with E-state index in [1.54, 1.807) is 24.4 Å². The normalized spacial score (nSPS) is 11.0. The molecule has 8 heteroatoms. The molecule has 34 heavy (non-hydrogen) atoms. The van der Waals surface area contributed by atoms with Gasteiger partial charge in [0.15, 0.2) is 5.65 Å². The van der Waals surface area contributed by atoms with Gasteiger partial charge < -0.3 is 15.7 Å². The van der Waals surface area contributed by atoms with E-state index >= 15 is 0 Å². The fraction of sp³-hybridized carbons (Fsp3) is 0.231. The molecule has 0 saturated heterocycles. The number of fused-ring (bicyclic) bond motifs is 1. The molecular formula is C26H27N5O3. The molecule has 0 fully saturated rings. The third-order valence-electron chi connectivity index (χ3n) is 5.40. The van der Waals surface area contributed by atoms with Crippen LogP contribution in [0.1, 0.15) is 47.0 Å². The lowest BCUT2D eigenvalue weighted by molar-refractivity contribution is 0.0952. The van der Waals surface area contributed by atoms with Crippen LogP contribution in [0.5, 0.6) is 5.75 Å². The van der Waals surface area contributed by atoms with Crippen LogP contribution in [0, 0.1) is 0 Å². The van der Waals surface area contributed by atoms with Crippen molar-refractivity contribution in [2.45, 2.75) is 26.3 Å². The topological polar surface area (TPSA) is 109 Å². The van der Waals surface area contributed by atoms with Crippen molar-refractivity contribution in [1.29, 1.82) is 0 Å². The first-order valence-electron chi connectivity index (χ1n) is 11.2. The number of nitrogens with zero attached hydrogens (tertiary/aromatic N) is 3. The van der Waals surface area contributed by atoms with Crippen LogP contribution in [-0.4, -0.2) is 44.8 Å². The van der Waals surface area contributed by atoms with Gasteiger partial charge in [-0.3, -0.25) is 9.59 Å². The second-order valence-electron chi connectivity index (χ2n) is 8.26. The maximum Gasteiger partial charge on any atom is 0.252 e. The summed E-state index contributed by atoms with van der Waals surface area (Å²) in [6.45, 7) is 4.82. The van der Waals surface area contributed by atoms with Gasteiger partial charge in [-0.15, -0.1) is 0 Å². The predicted molar refractivity (Wildman–Crippen MR) is 131 cm³/mol. The molecule has 2 aromatic heterocycles. The number of phenolic OH excluding ortho intramolecular Hbond substituents is 1. The first-order chi connectivity index (χ1) is 16.4. The van der Waals surface area contributed by atoms with Gasteiger partial charge in [0.25, 0.3) is 11.8 Å². The predicted octanol–water partition coefficient (Wildman–Crippen LogP) is 3.93. The Hall–Kier alpha value is -4.20. The van der Waals surface area contributed by atoms with Crippen molar-refractivity contribution in [2.24, 2.45) is 0 Å². The lowest BCUT2D eigenvalue weighted by Crippen LogP contribution is -2.30. The Kier molecular flexibility index (Phi) is 6.87. The molecule has 4 rings (SSSR count). The number of aromatic nitrogens is 3. The van der Waals surface area contributed by atoms with E-state index in [2.05, 4.69) is 15.7 Å². The smallest absolute Gasteiger partial charge is 0.252 e. The molecule has 3 N–H and O–H groups in total. The minimum absolute atomic E-state index is 0.0410. The molecular weight excluding hydrogens is 430 g/mol. The Labute approximate surface area is 197 Å². The van der Waals surface area contributed by atoms with Crippen LogP contribution in [-0.2, 0) is 0 Å². The molecule has 2 amide bonds. The van der Waals surface area contributed by atoms with E-state index in [1.807, 2.05) is 48.9 Å². The SMILES string of the molecule is CC(C)n1ncc2c(C(=O)NCCCNC(=O)c3cccc(O)c3)cc(-c3ccccc3)nc21. The van der Waals surface area contributed by atoms with Crippen LogP contribution < -0.4 is 10.6 Å². The maximum atomic E-state index is 13.1. The van der Waals surface area contributed by atoms with Crippen LogP contribution in [0.3, 0.4) is 0 Å². The number of phenols is 1. The van der Waals surface area contributed by atoms with Crippen LogP contribution in [0.2, 0.25) is 0 Å². The van der Waals surface area contributed by atoms with E-state index in [0.29, 0.717) is 47.4 Å². The van der Waals surface area contributed by atoms with Crippen molar-refractivity contribution in [2.75, 3.05) is 13.1 Å². The number of hydrogen-bond acceptors (Lipinski definition) is 5. The highest BCUT2D eigenvalue weighted by Gasteiger charge is 2.18. The van der Waals surface area contributed by atoms with Crippen molar-refractivity contribution in [3.05, 3.63) is 78.0 Å². The summed E-state index contributed by atoms with van der Waals surface area (Å²) in [6.07, 6.45) is 2.24. The molecule has 0 spiro atoms. The average molecular weight is 458 g/mol. The highest BCUT2D eigenvalue weighted by atomic mass is 16.3. The number of rotatable bonds is 8. The summed E-state index contributed by atoms with van der Waals surface area (Å²) in [6, 6.07) is 17.8. The van der Waals surface area contributed by atoms with Crippen molar-refractivity contribution in [1.82, 2.24) is 25.4 Å². The summed E-state index contributed by atoms with van der Waals surface area (Å²) in [4.78, 5) is 30.0. The van der Waals surface area contributed by atoms with Crippen LogP contribution in [0.15, 0.2) is 66.9 Å². The molecule has 0 saturated carbocycles. The molecule has 0 atom stereocenters. The molecule has 4 aromatic rings. The monoisotopic (exact) mass is 457 g/mol. The minimum Gasteiger partial charge on any atom is -0.508 e. The Morgan fingerprint density at radius 3 is 2.41 bits per heavy atom. The van der Waals surface area contributed by atoms with Gasteiger partial charge in [-0.05, 0) is 44.5 Å². The van der Waals surface area contributed by atoms with Gasteiger partial charge in [0.2, 0.25) is 0 Å². The fourth-order valence-electron chi connectivity index (χ4n) is 3.68. The number of carbonyl (C=O) groups is 2. The standard InChI is InChI=1S/C26H27N5O3/c1-17(2)31-24-22(16-29-31)21(15-23(30-24)18-8-4-3-5-9-18)26(34)28-13-7-12-27-25(33)19-10-6-11-20(32)14-19/h3-6,8-11,14-17,32H,7,12-13H2,1-2H3,(H,27,33)(H,28,34). The second-order valence-corrected chi connectivity index (χ2v) is 8.26. The maximum absolute atomic E-state index is 13.1. The van der Waals surface area contributed by atoms with Gasteiger partial charge in [-0.1, -0.05) is 36.4 Å². The molecule has 0 bridgehead atoms. The van der Waals surface area contributed by atoms with Gasteiger partial charge in [-0.25, -0.2) is 9.67 Å². The molecule has 0 radical (unpaired) electrons. The Balaban J connectivity index is 1.45. The molecule has 0 aliphatic rings. The van der Waals surface area contributed by atoms with Crippen molar-refractivity contribution in [3.63, 3.8) is 0 Å². The average Bonchev–Trinajstić information content (AvgIpc) is 3.28. The van der Waals surface area contributed by atoms with Gasteiger partial charge in [0.05, 0.1) is 22.8 Å². The Bertz CT molecular complexity index is 1310. The zero-order chi connectivity index (χ0) is 24.1. The number of hydrogen-bond donors (Lipinski definition) is 3. The molecule has 0 aliphatic carbocycles. The van der Waals surface area contributed by atoms with Crippen LogP contribution in [0.25, 0.3) is 22.3 Å². The van der Waals surface area contributed by atoms with E-state index in [4.69, 9.17) is 4.98 Å². The lowest BCUT2D eigenvalue weighted by atomic mass is 10.1. The van der Waals surface area contributed by atoms with E-state index in [-0.39, 0.29) is 23.6 Å².